The minimum absolute atomic E-state index is 0.203. The average Bonchev–Trinajstić information content (AvgIpc) is 1.95. The monoisotopic (exact) mass is 139 g/mol. The van der Waals surface area contributed by atoms with Crippen molar-refractivity contribution in [3.63, 3.8) is 0 Å². The molecule has 0 spiro atoms. The van der Waals surface area contributed by atoms with Gasteiger partial charge in [0, 0.05) is 19.2 Å². The molecule has 0 N–H and O–H groups in total. The summed E-state index contributed by atoms with van der Waals surface area (Å²) in [4.78, 5) is 13.0. The zero-order valence-electron chi connectivity index (χ0n) is 6.55. The van der Waals surface area contributed by atoms with Crippen LogP contribution in [0.2, 0.25) is 0 Å². The number of nitrogens with zero attached hydrogens (tertiary/aromatic N) is 1. The van der Waals surface area contributed by atoms with Gasteiger partial charge in [0.25, 0.3) is 0 Å². The van der Waals surface area contributed by atoms with Crippen LogP contribution in [0.5, 0.6) is 0 Å². The minimum Gasteiger partial charge on any atom is -0.342 e. The molecular weight excluding hydrogens is 126 g/mol. The van der Waals surface area contributed by atoms with Gasteiger partial charge < -0.3 is 4.90 Å². The van der Waals surface area contributed by atoms with Crippen molar-refractivity contribution in [2.24, 2.45) is 0 Å². The van der Waals surface area contributed by atoms with Gasteiger partial charge in [0.05, 0.1) is 0 Å². The fourth-order valence-electron chi connectivity index (χ4n) is 1.23. The Morgan fingerprint density at radius 1 is 1.60 bits per heavy atom. The van der Waals surface area contributed by atoms with Crippen molar-refractivity contribution in [2.75, 3.05) is 13.6 Å². The lowest BCUT2D eigenvalue weighted by Crippen LogP contribution is -2.33. The Kier molecular flexibility index (Phi) is 2.10. The highest BCUT2D eigenvalue weighted by atomic mass is 16.2. The van der Waals surface area contributed by atoms with E-state index in [0.29, 0.717) is 0 Å². The smallest absolute Gasteiger partial charge is 0.249 e. The molecule has 1 amide bonds. The number of allylic oxidation sites excluding steroid dienone is 1. The van der Waals surface area contributed by atoms with E-state index in [0.717, 1.165) is 25.0 Å². The molecule has 2 heteroatoms. The maximum Gasteiger partial charge on any atom is 0.249 e. The number of likely N-dealkylation sites (N-methyl/N-ethyl adjacent to an activating group) is 1. The molecule has 0 unspecified atom stereocenters. The number of carbonyl (C=O) groups is 1. The molecule has 1 aliphatic rings. The summed E-state index contributed by atoms with van der Waals surface area (Å²) in [6.07, 6.45) is 3.99. The van der Waals surface area contributed by atoms with Crippen molar-refractivity contribution < 1.29 is 4.79 Å². The Balaban J connectivity index is 2.69. The summed E-state index contributed by atoms with van der Waals surface area (Å²) in [5.41, 5.74) is 0.966. The van der Waals surface area contributed by atoms with Gasteiger partial charge in [-0.1, -0.05) is 6.08 Å². The molecule has 0 aromatic rings. The maximum absolute atomic E-state index is 11.2. The summed E-state index contributed by atoms with van der Waals surface area (Å²) in [5, 5.41) is 0. The molecule has 0 atom stereocenters. The van der Waals surface area contributed by atoms with E-state index in [1.807, 2.05) is 20.0 Å². The van der Waals surface area contributed by atoms with Gasteiger partial charge in [-0.15, -0.1) is 0 Å². The zero-order chi connectivity index (χ0) is 7.56. The first-order chi connectivity index (χ1) is 4.75. The van der Waals surface area contributed by atoms with Crippen LogP contribution in [-0.4, -0.2) is 24.4 Å². The lowest BCUT2D eigenvalue weighted by molar-refractivity contribution is -0.127. The number of amides is 1. The molecule has 0 saturated carbocycles. The summed E-state index contributed by atoms with van der Waals surface area (Å²) in [7, 11) is 1.85. The Labute approximate surface area is 61.5 Å². The van der Waals surface area contributed by atoms with Crippen LogP contribution in [-0.2, 0) is 4.79 Å². The van der Waals surface area contributed by atoms with Crippen LogP contribution in [0.3, 0.4) is 0 Å². The first-order valence-corrected chi connectivity index (χ1v) is 3.66. The molecule has 56 valence electrons. The Bertz CT molecular complexity index is 172. The molecule has 0 aromatic heterocycles. The third kappa shape index (κ3) is 1.20. The molecule has 1 rings (SSSR count). The third-order valence-corrected chi connectivity index (χ3v) is 1.91. The lowest BCUT2D eigenvalue weighted by atomic mass is 10.0. The predicted molar refractivity (Wildman–Crippen MR) is 40.6 cm³/mol. The molecular formula is C8H13NO. The normalized spacial score (nSPS) is 24.0. The van der Waals surface area contributed by atoms with E-state index in [1.165, 1.54) is 0 Å². The topological polar surface area (TPSA) is 20.3 Å². The van der Waals surface area contributed by atoms with Gasteiger partial charge in [0.2, 0.25) is 5.91 Å². The first kappa shape index (κ1) is 7.32. The van der Waals surface area contributed by atoms with Crippen LogP contribution >= 0.6 is 0 Å². The predicted octanol–water partition coefficient (Wildman–Crippen LogP) is 1.18. The molecule has 0 bridgehead atoms. The summed E-state index contributed by atoms with van der Waals surface area (Å²) < 4.78 is 0. The van der Waals surface area contributed by atoms with Crippen molar-refractivity contribution in [3.8, 4) is 0 Å². The number of hydrogen-bond donors (Lipinski definition) is 0. The number of likely N-dealkylation sites (tertiary alicyclic amines) is 1. The average molecular weight is 139 g/mol. The Morgan fingerprint density at radius 3 is 2.80 bits per heavy atom. The second-order valence-electron chi connectivity index (χ2n) is 2.64. The fraction of sp³-hybridized carbons (Fsp3) is 0.625. The SMILES string of the molecule is C/C=C1\CCCN(C)C1=O. The lowest BCUT2D eigenvalue weighted by Gasteiger charge is -2.23. The number of rotatable bonds is 0. The van der Waals surface area contributed by atoms with Gasteiger partial charge in [-0.2, -0.15) is 0 Å². The Hall–Kier alpha value is -0.790. The van der Waals surface area contributed by atoms with E-state index >= 15 is 0 Å². The largest absolute Gasteiger partial charge is 0.342 e. The summed E-state index contributed by atoms with van der Waals surface area (Å²) in [5.74, 6) is 0.203. The first-order valence-electron chi connectivity index (χ1n) is 3.66. The highest BCUT2D eigenvalue weighted by Gasteiger charge is 2.17. The molecule has 2 nitrogen and oxygen atoms in total. The van der Waals surface area contributed by atoms with Crippen LogP contribution in [0.1, 0.15) is 19.8 Å². The van der Waals surface area contributed by atoms with Crippen molar-refractivity contribution in [1.82, 2.24) is 4.90 Å². The fourth-order valence-corrected chi connectivity index (χ4v) is 1.23. The molecule has 1 aliphatic heterocycles. The van der Waals surface area contributed by atoms with Crippen LogP contribution in [0.15, 0.2) is 11.6 Å². The van der Waals surface area contributed by atoms with E-state index in [2.05, 4.69) is 0 Å². The van der Waals surface area contributed by atoms with E-state index in [1.54, 1.807) is 4.90 Å². The van der Waals surface area contributed by atoms with Crippen molar-refractivity contribution >= 4 is 5.91 Å². The van der Waals surface area contributed by atoms with Crippen molar-refractivity contribution in [3.05, 3.63) is 11.6 Å². The van der Waals surface area contributed by atoms with Crippen LogP contribution in [0, 0.1) is 0 Å². The van der Waals surface area contributed by atoms with Crippen LogP contribution < -0.4 is 0 Å². The molecule has 1 heterocycles. The van der Waals surface area contributed by atoms with Gasteiger partial charge in [-0.3, -0.25) is 4.79 Å². The zero-order valence-corrected chi connectivity index (χ0v) is 6.55. The number of piperidine rings is 1. The van der Waals surface area contributed by atoms with Crippen LogP contribution in [0.25, 0.3) is 0 Å². The van der Waals surface area contributed by atoms with Gasteiger partial charge in [-0.25, -0.2) is 0 Å². The van der Waals surface area contributed by atoms with Gasteiger partial charge in [0.1, 0.15) is 0 Å². The van der Waals surface area contributed by atoms with Gasteiger partial charge in [0.15, 0.2) is 0 Å². The number of hydrogen-bond acceptors (Lipinski definition) is 1. The Morgan fingerprint density at radius 2 is 2.30 bits per heavy atom. The molecule has 1 fully saturated rings. The summed E-state index contributed by atoms with van der Waals surface area (Å²) in [6, 6.07) is 0. The molecule has 0 aliphatic carbocycles. The van der Waals surface area contributed by atoms with Crippen molar-refractivity contribution in [2.45, 2.75) is 19.8 Å². The molecule has 0 aromatic carbocycles. The number of carbonyl (C=O) groups excluding carboxylic acids is 1. The second-order valence-corrected chi connectivity index (χ2v) is 2.64. The maximum atomic E-state index is 11.2. The quantitative estimate of drug-likeness (QED) is 0.461. The highest BCUT2D eigenvalue weighted by Crippen LogP contribution is 2.14. The third-order valence-electron chi connectivity index (χ3n) is 1.91. The summed E-state index contributed by atoms with van der Waals surface area (Å²) in [6.45, 7) is 2.84. The van der Waals surface area contributed by atoms with E-state index in [9.17, 15) is 4.79 Å². The highest BCUT2D eigenvalue weighted by molar-refractivity contribution is 5.93. The van der Waals surface area contributed by atoms with Gasteiger partial charge in [-0.05, 0) is 19.8 Å². The second kappa shape index (κ2) is 2.86. The minimum atomic E-state index is 0.203. The standard InChI is InChI=1S/C8H13NO/c1-3-7-5-4-6-9(2)8(7)10/h3H,4-6H2,1-2H3/b7-3+. The van der Waals surface area contributed by atoms with Crippen LogP contribution in [0.4, 0.5) is 0 Å². The van der Waals surface area contributed by atoms with E-state index in [-0.39, 0.29) is 5.91 Å². The summed E-state index contributed by atoms with van der Waals surface area (Å²) >= 11 is 0. The van der Waals surface area contributed by atoms with E-state index < -0.39 is 0 Å². The molecule has 0 radical (unpaired) electrons. The molecule has 1 saturated heterocycles. The van der Waals surface area contributed by atoms with E-state index in [4.69, 9.17) is 0 Å². The van der Waals surface area contributed by atoms with Crippen molar-refractivity contribution in [1.29, 1.82) is 0 Å². The van der Waals surface area contributed by atoms with Gasteiger partial charge >= 0.3 is 0 Å². The molecule has 10 heavy (non-hydrogen) atoms.